The lowest BCUT2D eigenvalue weighted by Gasteiger charge is -2.15. The number of hydrogen-bond acceptors (Lipinski definition) is 2. The molecule has 0 fully saturated rings. The van der Waals surface area contributed by atoms with Crippen molar-refractivity contribution in [1.82, 2.24) is 9.97 Å². The standard InChI is InChI=1S/C16H29N3/c1-2-3-4-5-6-7-8-12-15-18-14-11-9-10-13(17)16(14)19-15/h13H,2-12,17H2,1H3,(H,18,19). The Hall–Kier alpha value is -0.830. The minimum absolute atomic E-state index is 0.169. The van der Waals surface area contributed by atoms with Crippen LogP contribution in [0.15, 0.2) is 0 Å². The maximum absolute atomic E-state index is 6.10. The van der Waals surface area contributed by atoms with Crippen molar-refractivity contribution >= 4 is 0 Å². The maximum atomic E-state index is 6.10. The number of aromatic amines is 1. The number of rotatable bonds is 8. The van der Waals surface area contributed by atoms with Crippen LogP contribution in [0.4, 0.5) is 0 Å². The molecular weight excluding hydrogens is 234 g/mol. The van der Waals surface area contributed by atoms with Gasteiger partial charge in [-0.3, -0.25) is 0 Å². The van der Waals surface area contributed by atoms with Crippen LogP contribution < -0.4 is 5.73 Å². The van der Waals surface area contributed by atoms with Crippen LogP contribution in [0.3, 0.4) is 0 Å². The van der Waals surface area contributed by atoms with Crippen molar-refractivity contribution in [2.45, 2.75) is 83.6 Å². The van der Waals surface area contributed by atoms with Crippen molar-refractivity contribution in [3.05, 3.63) is 17.2 Å². The van der Waals surface area contributed by atoms with E-state index < -0.39 is 0 Å². The highest BCUT2D eigenvalue weighted by molar-refractivity contribution is 5.21. The van der Waals surface area contributed by atoms with E-state index in [9.17, 15) is 0 Å². The van der Waals surface area contributed by atoms with Gasteiger partial charge in [0, 0.05) is 18.2 Å². The Bertz CT molecular complexity index is 370. The summed E-state index contributed by atoms with van der Waals surface area (Å²) in [5.41, 5.74) is 8.55. The van der Waals surface area contributed by atoms with Crippen LogP contribution in [0.1, 0.15) is 88.0 Å². The number of nitrogens with one attached hydrogen (secondary N) is 1. The van der Waals surface area contributed by atoms with E-state index in [-0.39, 0.29) is 6.04 Å². The lowest BCUT2D eigenvalue weighted by molar-refractivity contribution is 0.555. The fraction of sp³-hybridized carbons (Fsp3) is 0.812. The zero-order chi connectivity index (χ0) is 13.5. The Labute approximate surface area is 117 Å². The molecule has 3 heteroatoms. The molecule has 1 aromatic rings. The second kappa shape index (κ2) is 7.68. The summed E-state index contributed by atoms with van der Waals surface area (Å²) in [7, 11) is 0. The Morgan fingerprint density at radius 3 is 2.63 bits per heavy atom. The molecular formula is C16H29N3. The van der Waals surface area contributed by atoms with Crippen LogP contribution >= 0.6 is 0 Å². The number of aryl methyl sites for hydroxylation is 2. The van der Waals surface area contributed by atoms with Gasteiger partial charge in [-0.2, -0.15) is 0 Å². The third-order valence-electron chi connectivity index (χ3n) is 4.17. The first-order chi connectivity index (χ1) is 9.31. The van der Waals surface area contributed by atoms with Crippen LogP contribution in [0.2, 0.25) is 0 Å². The topological polar surface area (TPSA) is 54.7 Å². The van der Waals surface area contributed by atoms with Gasteiger partial charge >= 0.3 is 0 Å². The Kier molecular flexibility index (Phi) is 5.90. The van der Waals surface area contributed by atoms with Crippen molar-refractivity contribution in [3.63, 3.8) is 0 Å². The molecule has 0 aliphatic heterocycles. The first-order valence-corrected chi connectivity index (χ1v) is 8.14. The lowest BCUT2D eigenvalue weighted by atomic mass is 9.97. The molecule has 1 heterocycles. The van der Waals surface area contributed by atoms with E-state index in [1.807, 2.05) is 0 Å². The van der Waals surface area contributed by atoms with Crippen molar-refractivity contribution in [3.8, 4) is 0 Å². The van der Waals surface area contributed by atoms with Crippen LogP contribution in [0.25, 0.3) is 0 Å². The molecule has 1 aliphatic carbocycles. The van der Waals surface area contributed by atoms with Gasteiger partial charge in [0.2, 0.25) is 0 Å². The summed E-state index contributed by atoms with van der Waals surface area (Å²) in [6.07, 6.45) is 14.0. The predicted molar refractivity (Wildman–Crippen MR) is 80.2 cm³/mol. The Morgan fingerprint density at radius 1 is 1.16 bits per heavy atom. The summed E-state index contributed by atoms with van der Waals surface area (Å²) >= 11 is 0. The van der Waals surface area contributed by atoms with E-state index in [0.29, 0.717) is 0 Å². The number of nitrogens with two attached hydrogens (primary N) is 1. The predicted octanol–water partition coefficient (Wildman–Crippen LogP) is 4.04. The second-order valence-corrected chi connectivity index (χ2v) is 5.92. The van der Waals surface area contributed by atoms with Crippen LogP contribution in [-0.2, 0) is 12.8 Å². The summed E-state index contributed by atoms with van der Waals surface area (Å²) in [4.78, 5) is 8.18. The van der Waals surface area contributed by atoms with Gasteiger partial charge in [-0.05, 0) is 25.7 Å². The lowest BCUT2D eigenvalue weighted by Crippen LogP contribution is -2.17. The fourth-order valence-electron chi connectivity index (χ4n) is 2.98. The molecule has 19 heavy (non-hydrogen) atoms. The number of hydrogen-bond donors (Lipinski definition) is 2. The molecule has 0 saturated heterocycles. The van der Waals surface area contributed by atoms with Gasteiger partial charge in [-0.15, -0.1) is 0 Å². The Balaban J connectivity index is 1.66. The fourth-order valence-corrected chi connectivity index (χ4v) is 2.98. The minimum atomic E-state index is 0.169. The number of H-pyrrole nitrogens is 1. The summed E-state index contributed by atoms with van der Waals surface area (Å²) in [6.45, 7) is 2.27. The molecule has 3 N–H and O–H groups in total. The number of aromatic nitrogens is 2. The first-order valence-electron chi connectivity index (χ1n) is 8.14. The van der Waals surface area contributed by atoms with E-state index in [1.165, 1.54) is 57.1 Å². The van der Waals surface area contributed by atoms with Crippen LogP contribution in [0.5, 0.6) is 0 Å². The maximum Gasteiger partial charge on any atom is 0.106 e. The van der Waals surface area contributed by atoms with Gasteiger partial charge in [-0.25, -0.2) is 4.98 Å². The van der Waals surface area contributed by atoms with Gasteiger partial charge in [0.1, 0.15) is 5.82 Å². The molecule has 0 bridgehead atoms. The zero-order valence-electron chi connectivity index (χ0n) is 12.4. The molecule has 1 unspecified atom stereocenters. The molecule has 1 aromatic heterocycles. The highest BCUT2D eigenvalue weighted by atomic mass is 15.0. The summed E-state index contributed by atoms with van der Waals surface area (Å²) in [6, 6.07) is 0.169. The molecule has 0 spiro atoms. The van der Waals surface area contributed by atoms with E-state index >= 15 is 0 Å². The third-order valence-corrected chi connectivity index (χ3v) is 4.17. The number of unbranched alkanes of at least 4 members (excludes halogenated alkanes) is 6. The van der Waals surface area contributed by atoms with Crippen molar-refractivity contribution in [1.29, 1.82) is 0 Å². The highest BCUT2D eigenvalue weighted by Crippen LogP contribution is 2.26. The molecule has 0 saturated carbocycles. The van der Waals surface area contributed by atoms with Gasteiger partial charge in [0.05, 0.1) is 5.69 Å². The number of fused-ring (bicyclic) bond motifs is 1. The highest BCUT2D eigenvalue weighted by Gasteiger charge is 2.20. The van der Waals surface area contributed by atoms with Gasteiger partial charge < -0.3 is 10.7 Å². The van der Waals surface area contributed by atoms with Crippen molar-refractivity contribution in [2.24, 2.45) is 5.73 Å². The van der Waals surface area contributed by atoms with Crippen LogP contribution in [-0.4, -0.2) is 9.97 Å². The first kappa shape index (κ1) is 14.6. The van der Waals surface area contributed by atoms with Crippen LogP contribution in [0, 0.1) is 0 Å². The summed E-state index contributed by atoms with van der Waals surface area (Å²) in [5, 5.41) is 0. The smallest absolute Gasteiger partial charge is 0.106 e. The van der Waals surface area contributed by atoms with Gasteiger partial charge in [0.25, 0.3) is 0 Å². The molecule has 0 aromatic carbocycles. The van der Waals surface area contributed by atoms with E-state index in [0.717, 1.165) is 30.8 Å². The van der Waals surface area contributed by atoms with Crippen molar-refractivity contribution in [2.75, 3.05) is 0 Å². The normalized spacial score (nSPS) is 18.5. The van der Waals surface area contributed by atoms with Crippen molar-refractivity contribution < 1.29 is 0 Å². The SMILES string of the molecule is CCCCCCCCCc1nc2c([nH]1)CCCC2N. The molecule has 108 valence electrons. The largest absolute Gasteiger partial charge is 0.346 e. The van der Waals surface area contributed by atoms with Gasteiger partial charge in [-0.1, -0.05) is 45.4 Å². The summed E-state index contributed by atoms with van der Waals surface area (Å²) in [5.74, 6) is 1.16. The molecule has 1 aliphatic rings. The van der Waals surface area contributed by atoms with Gasteiger partial charge in [0.15, 0.2) is 0 Å². The quantitative estimate of drug-likeness (QED) is 0.695. The molecule has 1 atom stereocenters. The molecule has 3 nitrogen and oxygen atoms in total. The minimum Gasteiger partial charge on any atom is -0.346 e. The Morgan fingerprint density at radius 2 is 1.89 bits per heavy atom. The molecule has 2 rings (SSSR count). The van der Waals surface area contributed by atoms with E-state index in [2.05, 4.69) is 11.9 Å². The number of nitrogens with zero attached hydrogens (tertiary/aromatic N) is 1. The monoisotopic (exact) mass is 263 g/mol. The molecule has 0 radical (unpaired) electrons. The summed E-state index contributed by atoms with van der Waals surface area (Å²) < 4.78 is 0. The molecule has 0 amide bonds. The average Bonchev–Trinajstić information content (AvgIpc) is 2.82. The van der Waals surface area contributed by atoms with E-state index in [1.54, 1.807) is 0 Å². The zero-order valence-corrected chi connectivity index (χ0v) is 12.4. The average molecular weight is 263 g/mol. The third kappa shape index (κ3) is 4.34. The number of imidazole rings is 1. The van der Waals surface area contributed by atoms with E-state index in [4.69, 9.17) is 10.7 Å². The second-order valence-electron chi connectivity index (χ2n) is 5.92.